The van der Waals surface area contributed by atoms with E-state index in [1.54, 1.807) is 7.11 Å². The Balaban J connectivity index is 1.85. The van der Waals surface area contributed by atoms with Gasteiger partial charge in [-0.25, -0.2) is 0 Å². The third kappa shape index (κ3) is 2.98. The SMILES string of the molecule is COCc1nnc(N2CCCC2c2ccc(N(C)C)nn2)n1C. The first-order valence-electron chi connectivity index (χ1n) is 7.76. The van der Waals surface area contributed by atoms with E-state index in [0.29, 0.717) is 6.61 Å². The average Bonchev–Trinajstić information content (AvgIpc) is 3.15. The summed E-state index contributed by atoms with van der Waals surface area (Å²) >= 11 is 0. The summed E-state index contributed by atoms with van der Waals surface area (Å²) in [6.45, 7) is 1.40. The van der Waals surface area contributed by atoms with Crippen LogP contribution in [0.1, 0.15) is 30.4 Å². The zero-order chi connectivity index (χ0) is 16.4. The molecule has 8 nitrogen and oxygen atoms in total. The molecule has 8 heteroatoms. The topological polar surface area (TPSA) is 72.2 Å². The van der Waals surface area contributed by atoms with Crippen LogP contribution in [0.15, 0.2) is 12.1 Å². The van der Waals surface area contributed by atoms with Crippen LogP contribution >= 0.6 is 0 Å². The van der Waals surface area contributed by atoms with Crippen molar-refractivity contribution in [1.29, 1.82) is 0 Å². The summed E-state index contributed by atoms with van der Waals surface area (Å²) in [5, 5.41) is 17.3. The van der Waals surface area contributed by atoms with E-state index < -0.39 is 0 Å². The van der Waals surface area contributed by atoms with Gasteiger partial charge in [-0.3, -0.25) is 4.57 Å². The first-order chi connectivity index (χ1) is 11.1. The zero-order valence-corrected chi connectivity index (χ0v) is 14.1. The summed E-state index contributed by atoms with van der Waals surface area (Å²) in [4.78, 5) is 4.20. The van der Waals surface area contributed by atoms with Crippen molar-refractivity contribution in [2.24, 2.45) is 7.05 Å². The number of hydrogen-bond acceptors (Lipinski definition) is 7. The van der Waals surface area contributed by atoms with E-state index >= 15 is 0 Å². The minimum absolute atomic E-state index is 0.192. The molecule has 0 amide bonds. The number of nitrogens with zero attached hydrogens (tertiary/aromatic N) is 7. The van der Waals surface area contributed by atoms with Crippen molar-refractivity contribution in [2.45, 2.75) is 25.5 Å². The Labute approximate surface area is 136 Å². The van der Waals surface area contributed by atoms with Crippen LogP contribution in [0, 0.1) is 0 Å². The van der Waals surface area contributed by atoms with Crippen molar-refractivity contribution in [1.82, 2.24) is 25.0 Å². The largest absolute Gasteiger partial charge is 0.377 e. The molecule has 0 spiro atoms. The van der Waals surface area contributed by atoms with Crippen molar-refractivity contribution in [2.75, 3.05) is 37.5 Å². The Morgan fingerprint density at radius 3 is 2.70 bits per heavy atom. The third-order valence-corrected chi connectivity index (χ3v) is 4.20. The molecule has 3 rings (SSSR count). The molecule has 1 saturated heterocycles. The van der Waals surface area contributed by atoms with Crippen LogP contribution in [-0.2, 0) is 18.4 Å². The Kier molecular flexibility index (Phi) is 4.42. The van der Waals surface area contributed by atoms with E-state index in [1.807, 2.05) is 36.7 Å². The molecule has 23 heavy (non-hydrogen) atoms. The molecular weight excluding hydrogens is 294 g/mol. The summed E-state index contributed by atoms with van der Waals surface area (Å²) in [6.07, 6.45) is 2.15. The maximum Gasteiger partial charge on any atom is 0.227 e. The molecule has 0 saturated carbocycles. The second-order valence-electron chi connectivity index (χ2n) is 5.97. The second-order valence-corrected chi connectivity index (χ2v) is 5.97. The van der Waals surface area contributed by atoms with E-state index in [-0.39, 0.29) is 6.04 Å². The first-order valence-corrected chi connectivity index (χ1v) is 7.76. The predicted molar refractivity (Wildman–Crippen MR) is 87.4 cm³/mol. The fourth-order valence-corrected chi connectivity index (χ4v) is 2.92. The zero-order valence-electron chi connectivity index (χ0n) is 14.1. The van der Waals surface area contributed by atoms with Crippen LogP contribution in [0.3, 0.4) is 0 Å². The smallest absolute Gasteiger partial charge is 0.227 e. The minimum Gasteiger partial charge on any atom is -0.377 e. The molecule has 1 aliphatic heterocycles. The lowest BCUT2D eigenvalue weighted by atomic mass is 10.1. The number of ether oxygens (including phenoxy) is 1. The first kappa shape index (κ1) is 15.7. The van der Waals surface area contributed by atoms with Crippen LogP contribution in [0.5, 0.6) is 0 Å². The monoisotopic (exact) mass is 317 g/mol. The number of anilines is 2. The molecule has 1 aliphatic rings. The minimum atomic E-state index is 0.192. The molecule has 2 aromatic rings. The lowest BCUT2D eigenvalue weighted by Crippen LogP contribution is -2.26. The Bertz CT molecular complexity index is 652. The molecule has 3 heterocycles. The van der Waals surface area contributed by atoms with Crippen LogP contribution < -0.4 is 9.80 Å². The molecular formula is C15H23N7O. The fraction of sp³-hybridized carbons (Fsp3) is 0.600. The molecule has 0 radical (unpaired) electrons. The van der Waals surface area contributed by atoms with Gasteiger partial charge in [-0.15, -0.1) is 15.3 Å². The number of rotatable bonds is 5. The number of hydrogen-bond donors (Lipinski definition) is 0. The predicted octanol–water partition coefficient (Wildman–Crippen LogP) is 1.16. The number of aromatic nitrogens is 5. The lowest BCUT2D eigenvalue weighted by Gasteiger charge is -2.24. The quantitative estimate of drug-likeness (QED) is 0.819. The second kappa shape index (κ2) is 6.49. The van der Waals surface area contributed by atoms with Gasteiger partial charge in [0, 0.05) is 34.8 Å². The highest BCUT2D eigenvalue weighted by Crippen LogP contribution is 2.34. The molecule has 0 aliphatic carbocycles. The van der Waals surface area contributed by atoms with E-state index in [4.69, 9.17) is 4.74 Å². The Hall–Kier alpha value is -2.22. The summed E-state index contributed by atoms with van der Waals surface area (Å²) in [6, 6.07) is 4.25. The standard InChI is InChI=1S/C15H23N7O/c1-20(2)13-8-7-11(16-17-13)12-6-5-9-22(12)15-19-18-14(10-23-4)21(15)3/h7-8,12H,5-6,9-10H2,1-4H3. The lowest BCUT2D eigenvalue weighted by molar-refractivity contribution is 0.175. The van der Waals surface area contributed by atoms with Crippen molar-refractivity contribution >= 4 is 11.8 Å². The summed E-state index contributed by atoms with van der Waals surface area (Å²) in [7, 11) is 7.56. The van der Waals surface area contributed by atoms with Crippen molar-refractivity contribution in [3.63, 3.8) is 0 Å². The van der Waals surface area contributed by atoms with Gasteiger partial charge in [0.05, 0.1) is 11.7 Å². The van der Waals surface area contributed by atoms with E-state index in [0.717, 1.165) is 42.7 Å². The molecule has 2 aromatic heterocycles. The van der Waals surface area contributed by atoms with Gasteiger partial charge in [-0.2, -0.15) is 5.10 Å². The molecule has 124 valence electrons. The van der Waals surface area contributed by atoms with Gasteiger partial charge in [-0.1, -0.05) is 0 Å². The third-order valence-electron chi connectivity index (χ3n) is 4.20. The van der Waals surface area contributed by atoms with E-state index in [9.17, 15) is 0 Å². The summed E-state index contributed by atoms with van der Waals surface area (Å²) in [5.41, 5.74) is 0.976. The van der Waals surface area contributed by atoms with Crippen LogP contribution in [0.2, 0.25) is 0 Å². The molecule has 1 unspecified atom stereocenters. The number of methoxy groups -OCH3 is 1. The van der Waals surface area contributed by atoms with Gasteiger partial charge in [0.15, 0.2) is 11.6 Å². The van der Waals surface area contributed by atoms with Gasteiger partial charge in [0.25, 0.3) is 0 Å². The van der Waals surface area contributed by atoms with Crippen LogP contribution in [-0.4, -0.2) is 52.7 Å². The molecule has 0 bridgehead atoms. The van der Waals surface area contributed by atoms with E-state index in [1.165, 1.54) is 0 Å². The maximum atomic E-state index is 5.16. The highest BCUT2D eigenvalue weighted by molar-refractivity contribution is 5.40. The fourth-order valence-electron chi connectivity index (χ4n) is 2.92. The van der Waals surface area contributed by atoms with Gasteiger partial charge in [0.2, 0.25) is 5.95 Å². The van der Waals surface area contributed by atoms with Crippen LogP contribution in [0.4, 0.5) is 11.8 Å². The maximum absolute atomic E-state index is 5.16. The molecule has 1 fully saturated rings. The van der Waals surface area contributed by atoms with Gasteiger partial charge in [-0.05, 0) is 25.0 Å². The van der Waals surface area contributed by atoms with Crippen molar-refractivity contribution < 1.29 is 4.74 Å². The normalized spacial score (nSPS) is 17.7. The average molecular weight is 317 g/mol. The molecule has 0 N–H and O–H groups in total. The molecule has 0 aromatic carbocycles. The van der Waals surface area contributed by atoms with E-state index in [2.05, 4.69) is 31.4 Å². The van der Waals surface area contributed by atoms with Crippen molar-refractivity contribution in [3.05, 3.63) is 23.7 Å². The Morgan fingerprint density at radius 1 is 1.22 bits per heavy atom. The van der Waals surface area contributed by atoms with Gasteiger partial charge < -0.3 is 14.5 Å². The molecule has 1 atom stereocenters. The summed E-state index contributed by atoms with van der Waals surface area (Å²) < 4.78 is 7.15. The van der Waals surface area contributed by atoms with Gasteiger partial charge >= 0.3 is 0 Å². The highest BCUT2D eigenvalue weighted by Gasteiger charge is 2.31. The Morgan fingerprint density at radius 2 is 2.04 bits per heavy atom. The van der Waals surface area contributed by atoms with Gasteiger partial charge in [0.1, 0.15) is 6.61 Å². The van der Waals surface area contributed by atoms with Crippen LogP contribution in [0.25, 0.3) is 0 Å². The summed E-state index contributed by atoms with van der Waals surface area (Å²) in [5.74, 6) is 2.54. The highest BCUT2D eigenvalue weighted by atomic mass is 16.5. The van der Waals surface area contributed by atoms with Crippen molar-refractivity contribution in [3.8, 4) is 0 Å².